The van der Waals surface area contributed by atoms with E-state index in [0.717, 1.165) is 16.3 Å². The molecule has 0 spiro atoms. The number of hydrogen-bond donors (Lipinski definition) is 0. The number of carbonyl (C=O) groups is 1. The van der Waals surface area contributed by atoms with Crippen LogP contribution in [0.1, 0.15) is 22.8 Å². The quantitative estimate of drug-likeness (QED) is 0.389. The van der Waals surface area contributed by atoms with Crippen molar-refractivity contribution in [3.63, 3.8) is 0 Å². The summed E-state index contributed by atoms with van der Waals surface area (Å²) in [7, 11) is -1.59. The third-order valence-corrected chi connectivity index (χ3v) is 4.46. The van der Waals surface area contributed by atoms with Crippen LogP contribution < -0.4 is 0 Å². The van der Waals surface area contributed by atoms with E-state index in [1.165, 1.54) is 6.08 Å². The Labute approximate surface area is 135 Å². The van der Waals surface area contributed by atoms with Gasteiger partial charge in [0.05, 0.1) is 12.2 Å². The van der Waals surface area contributed by atoms with E-state index in [9.17, 15) is 9.32 Å². The fourth-order valence-electron chi connectivity index (χ4n) is 2.12. The van der Waals surface area contributed by atoms with Crippen molar-refractivity contribution < 1.29 is 23.3 Å². The lowest BCUT2D eigenvalue weighted by atomic mass is 10.0. The standard InChI is InChI=1S/C17H18FO4P/c1-3-9-20-17(19)15-8-7-14-6-5-13(10-16(14)11-15)12-23(22-18)21-4-2/h3,5-8,10-11H,1,4,9,12H2,2H3. The molecule has 4 nitrogen and oxygen atoms in total. The maximum absolute atomic E-state index is 12.5. The van der Waals surface area contributed by atoms with Crippen molar-refractivity contribution in [2.45, 2.75) is 13.1 Å². The molecule has 122 valence electrons. The highest BCUT2D eigenvalue weighted by Gasteiger charge is 2.13. The third kappa shape index (κ3) is 4.83. The zero-order valence-electron chi connectivity index (χ0n) is 12.8. The highest BCUT2D eigenvalue weighted by molar-refractivity contribution is 7.46. The van der Waals surface area contributed by atoms with Gasteiger partial charge in [-0.3, -0.25) is 0 Å². The Hall–Kier alpha value is -1.81. The molecule has 0 aliphatic carbocycles. The average Bonchev–Trinajstić information content (AvgIpc) is 2.58. The average molecular weight is 336 g/mol. The zero-order chi connectivity index (χ0) is 16.7. The van der Waals surface area contributed by atoms with Crippen molar-refractivity contribution in [3.8, 4) is 0 Å². The molecule has 2 rings (SSSR count). The highest BCUT2D eigenvalue weighted by atomic mass is 31.2. The van der Waals surface area contributed by atoms with Crippen LogP contribution in [0.4, 0.5) is 4.53 Å². The van der Waals surface area contributed by atoms with Gasteiger partial charge in [0.2, 0.25) is 8.38 Å². The van der Waals surface area contributed by atoms with Crippen molar-refractivity contribution in [2.24, 2.45) is 0 Å². The molecule has 1 unspecified atom stereocenters. The van der Waals surface area contributed by atoms with E-state index in [4.69, 9.17) is 9.26 Å². The normalized spacial score (nSPS) is 12.1. The van der Waals surface area contributed by atoms with Crippen LogP contribution in [-0.4, -0.2) is 19.2 Å². The Balaban J connectivity index is 2.22. The van der Waals surface area contributed by atoms with E-state index in [2.05, 4.69) is 11.3 Å². The predicted octanol–water partition coefficient (Wildman–Crippen LogP) is 4.93. The smallest absolute Gasteiger partial charge is 0.338 e. The molecule has 0 aromatic heterocycles. The van der Waals surface area contributed by atoms with E-state index in [-0.39, 0.29) is 6.61 Å². The van der Waals surface area contributed by atoms with Gasteiger partial charge in [-0.05, 0) is 39.9 Å². The Morgan fingerprint density at radius 1 is 1.26 bits per heavy atom. The minimum atomic E-state index is -1.59. The molecule has 23 heavy (non-hydrogen) atoms. The van der Waals surface area contributed by atoms with E-state index in [1.54, 1.807) is 19.1 Å². The fourth-order valence-corrected chi connectivity index (χ4v) is 3.09. The molecule has 0 saturated heterocycles. The summed E-state index contributed by atoms with van der Waals surface area (Å²) in [6.45, 7) is 5.86. The lowest BCUT2D eigenvalue weighted by molar-refractivity contribution is -0.00981. The molecule has 0 radical (unpaired) electrons. The van der Waals surface area contributed by atoms with Crippen LogP contribution in [-0.2, 0) is 20.2 Å². The number of rotatable bonds is 8. The maximum atomic E-state index is 12.5. The summed E-state index contributed by atoms with van der Waals surface area (Å²) < 4.78 is 26.6. The Morgan fingerprint density at radius 2 is 2.04 bits per heavy atom. The van der Waals surface area contributed by atoms with Crippen LogP contribution in [0.15, 0.2) is 49.1 Å². The zero-order valence-corrected chi connectivity index (χ0v) is 13.7. The molecule has 0 bridgehead atoms. The van der Waals surface area contributed by atoms with Crippen LogP contribution >= 0.6 is 8.38 Å². The third-order valence-electron chi connectivity index (χ3n) is 3.13. The number of ether oxygens (including phenoxy) is 1. The number of esters is 1. The SMILES string of the molecule is C=CCOC(=O)c1ccc2ccc(CP(OF)OCC)cc2c1. The Bertz CT molecular complexity index is 689. The van der Waals surface area contributed by atoms with Gasteiger partial charge in [0, 0.05) is 6.16 Å². The molecule has 2 aromatic carbocycles. The second kappa shape index (κ2) is 8.73. The van der Waals surface area contributed by atoms with Gasteiger partial charge in [-0.1, -0.05) is 36.9 Å². The molecule has 0 fully saturated rings. The largest absolute Gasteiger partial charge is 0.458 e. The van der Waals surface area contributed by atoms with Gasteiger partial charge in [-0.25, -0.2) is 4.79 Å². The summed E-state index contributed by atoms with van der Waals surface area (Å²) in [5.74, 6) is -0.402. The topological polar surface area (TPSA) is 44.8 Å². The number of hydrogen-bond acceptors (Lipinski definition) is 4. The summed E-state index contributed by atoms with van der Waals surface area (Å²) >= 11 is 0. The summed E-state index contributed by atoms with van der Waals surface area (Å²) in [5.41, 5.74) is 1.34. The van der Waals surface area contributed by atoms with Gasteiger partial charge < -0.3 is 9.26 Å². The molecular formula is C17H18FO4P. The van der Waals surface area contributed by atoms with Gasteiger partial charge >= 0.3 is 5.97 Å². The predicted molar refractivity (Wildman–Crippen MR) is 88.9 cm³/mol. The van der Waals surface area contributed by atoms with E-state index >= 15 is 0 Å². The van der Waals surface area contributed by atoms with Crippen molar-refractivity contribution in [2.75, 3.05) is 13.2 Å². The molecule has 1 atom stereocenters. The van der Waals surface area contributed by atoms with Crippen LogP contribution in [0, 0.1) is 0 Å². The fraction of sp³-hybridized carbons (Fsp3) is 0.235. The lowest BCUT2D eigenvalue weighted by Crippen LogP contribution is -2.04. The van der Waals surface area contributed by atoms with Gasteiger partial charge in [-0.15, -0.1) is 4.73 Å². The Morgan fingerprint density at radius 3 is 2.74 bits per heavy atom. The van der Waals surface area contributed by atoms with Crippen molar-refractivity contribution >= 4 is 25.1 Å². The monoisotopic (exact) mass is 336 g/mol. The van der Waals surface area contributed by atoms with Crippen LogP contribution in [0.5, 0.6) is 0 Å². The number of benzene rings is 2. The van der Waals surface area contributed by atoms with Crippen LogP contribution in [0.25, 0.3) is 10.8 Å². The summed E-state index contributed by atoms with van der Waals surface area (Å²) in [6, 6.07) is 11.0. The van der Waals surface area contributed by atoms with Crippen LogP contribution in [0.2, 0.25) is 0 Å². The summed E-state index contributed by atoms with van der Waals surface area (Å²) in [4.78, 5) is 11.9. The van der Waals surface area contributed by atoms with Crippen molar-refractivity contribution in [1.82, 2.24) is 0 Å². The minimum Gasteiger partial charge on any atom is -0.458 e. The Kier molecular flexibility index (Phi) is 6.66. The molecule has 0 aliphatic rings. The summed E-state index contributed by atoms with van der Waals surface area (Å²) in [5, 5.41) is 1.86. The molecule has 0 heterocycles. The van der Waals surface area contributed by atoms with Crippen molar-refractivity contribution in [3.05, 3.63) is 60.2 Å². The molecule has 6 heteroatoms. The first-order chi connectivity index (χ1) is 11.2. The second-order valence-electron chi connectivity index (χ2n) is 4.76. The molecule has 0 aliphatic heterocycles. The molecule has 0 amide bonds. The number of fused-ring (bicyclic) bond motifs is 1. The first-order valence-corrected chi connectivity index (χ1v) is 8.54. The van der Waals surface area contributed by atoms with Gasteiger partial charge in [-0.2, -0.15) is 0 Å². The van der Waals surface area contributed by atoms with Gasteiger partial charge in [0.1, 0.15) is 6.61 Å². The number of carbonyl (C=O) groups excluding carboxylic acids is 1. The van der Waals surface area contributed by atoms with Gasteiger partial charge in [0.25, 0.3) is 0 Å². The highest BCUT2D eigenvalue weighted by Crippen LogP contribution is 2.42. The number of halogens is 1. The first kappa shape index (κ1) is 17.5. The maximum Gasteiger partial charge on any atom is 0.338 e. The molecular weight excluding hydrogens is 318 g/mol. The van der Waals surface area contributed by atoms with Crippen molar-refractivity contribution in [1.29, 1.82) is 0 Å². The summed E-state index contributed by atoms with van der Waals surface area (Å²) in [6.07, 6.45) is 1.87. The van der Waals surface area contributed by atoms with Gasteiger partial charge in [0.15, 0.2) is 0 Å². The minimum absolute atomic E-state index is 0.170. The molecule has 2 aromatic rings. The lowest BCUT2D eigenvalue weighted by Gasteiger charge is -2.11. The molecule has 0 saturated carbocycles. The van der Waals surface area contributed by atoms with E-state index in [0.29, 0.717) is 18.3 Å². The second-order valence-corrected chi connectivity index (χ2v) is 6.14. The van der Waals surface area contributed by atoms with E-state index in [1.807, 2.05) is 24.3 Å². The molecule has 0 N–H and O–H groups in total. The first-order valence-electron chi connectivity index (χ1n) is 7.17. The van der Waals surface area contributed by atoms with Crippen LogP contribution in [0.3, 0.4) is 0 Å². The van der Waals surface area contributed by atoms with E-state index < -0.39 is 14.3 Å².